The van der Waals surface area contributed by atoms with Crippen LogP contribution in [-0.4, -0.2) is 5.78 Å². The third-order valence-electron chi connectivity index (χ3n) is 2.53. The van der Waals surface area contributed by atoms with Crippen molar-refractivity contribution in [2.45, 2.75) is 74.7 Å². The number of hydrogen-bond acceptors (Lipinski definition) is 1. The van der Waals surface area contributed by atoms with Gasteiger partial charge in [-0.05, 0) is 18.8 Å². The van der Waals surface area contributed by atoms with E-state index >= 15 is 0 Å². The van der Waals surface area contributed by atoms with Crippen LogP contribution in [-0.2, 0) is 4.79 Å². The summed E-state index contributed by atoms with van der Waals surface area (Å²) >= 11 is 0. The molecule has 0 aromatic rings. The fourth-order valence-corrected chi connectivity index (χ4v) is 1.85. The highest BCUT2D eigenvalue weighted by Crippen LogP contribution is 2.28. The number of carbonyl (C=O) groups is 1. The summed E-state index contributed by atoms with van der Waals surface area (Å²) < 4.78 is 0. The summed E-state index contributed by atoms with van der Waals surface area (Å²) in [5.74, 6) is 0.205. The van der Waals surface area contributed by atoms with Crippen molar-refractivity contribution < 1.29 is 4.79 Å². The summed E-state index contributed by atoms with van der Waals surface area (Å²) in [6.07, 6.45) is 9.99. The second kappa shape index (κ2) is 15.9. The van der Waals surface area contributed by atoms with Crippen LogP contribution in [0.15, 0.2) is 36.5 Å². The molecule has 0 aromatic carbocycles. The third kappa shape index (κ3) is 13.3. The minimum absolute atomic E-state index is 0.0909. The average molecular weight is 280 g/mol. The fourth-order valence-electron chi connectivity index (χ4n) is 1.85. The van der Waals surface area contributed by atoms with Crippen molar-refractivity contribution in [1.29, 1.82) is 0 Å². The first kappa shape index (κ1) is 23.9. The monoisotopic (exact) mass is 280 g/mol. The summed E-state index contributed by atoms with van der Waals surface area (Å²) in [6, 6.07) is 0. The zero-order valence-corrected chi connectivity index (χ0v) is 15.0. The van der Waals surface area contributed by atoms with Crippen molar-refractivity contribution in [2.75, 3.05) is 0 Å². The van der Waals surface area contributed by atoms with Crippen molar-refractivity contribution in [1.82, 2.24) is 0 Å². The Morgan fingerprint density at radius 3 is 2.00 bits per heavy atom. The van der Waals surface area contributed by atoms with Gasteiger partial charge in [-0.3, -0.25) is 4.79 Å². The van der Waals surface area contributed by atoms with Crippen molar-refractivity contribution in [3.63, 3.8) is 0 Å². The first-order chi connectivity index (χ1) is 9.46. The maximum atomic E-state index is 12.0. The van der Waals surface area contributed by atoms with E-state index in [1.165, 1.54) is 0 Å². The fraction of sp³-hybridized carbons (Fsp3) is 0.632. The molecule has 0 amide bonds. The maximum Gasteiger partial charge on any atom is 0.163 e. The molecule has 20 heavy (non-hydrogen) atoms. The topological polar surface area (TPSA) is 17.1 Å². The molecule has 0 aliphatic heterocycles. The molecule has 0 spiro atoms. The van der Waals surface area contributed by atoms with Gasteiger partial charge < -0.3 is 0 Å². The molecule has 0 aliphatic carbocycles. The summed E-state index contributed by atoms with van der Waals surface area (Å²) in [5, 5.41) is 0. The molecule has 0 unspecified atom stereocenters. The first-order valence-electron chi connectivity index (χ1n) is 7.95. The molecule has 0 radical (unpaired) electrons. The quantitative estimate of drug-likeness (QED) is 0.383. The predicted octanol–water partition coefficient (Wildman–Crippen LogP) is 6.51. The Labute approximate surface area is 127 Å². The Kier molecular flexibility index (Phi) is 19.1. The number of carbonyl (C=O) groups excluding carboxylic acids is 1. The van der Waals surface area contributed by atoms with E-state index in [0.29, 0.717) is 6.42 Å². The van der Waals surface area contributed by atoms with Crippen LogP contribution < -0.4 is 0 Å². The van der Waals surface area contributed by atoms with E-state index in [0.717, 1.165) is 18.4 Å². The molecular formula is C19H36O. The van der Waals surface area contributed by atoms with Gasteiger partial charge in [-0.1, -0.05) is 85.8 Å². The van der Waals surface area contributed by atoms with Gasteiger partial charge >= 0.3 is 0 Å². The van der Waals surface area contributed by atoms with Crippen LogP contribution in [0.2, 0.25) is 0 Å². The highest BCUT2D eigenvalue weighted by atomic mass is 16.1. The Morgan fingerprint density at radius 1 is 1.15 bits per heavy atom. The van der Waals surface area contributed by atoms with Gasteiger partial charge in [-0.2, -0.15) is 0 Å². The summed E-state index contributed by atoms with van der Waals surface area (Å²) in [7, 11) is 0. The highest BCUT2D eigenvalue weighted by molar-refractivity contribution is 5.98. The van der Waals surface area contributed by atoms with Crippen molar-refractivity contribution in [3.8, 4) is 0 Å². The van der Waals surface area contributed by atoms with Crippen LogP contribution in [0.5, 0.6) is 0 Å². The normalized spacial score (nSPS) is 11.1. The van der Waals surface area contributed by atoms with E-state index < -0.39 is 0 Å². The molecule has 0 aliphatic rings. The van der Waals surface area contributed by atoms with E-state index in [9.17, 15) is 4.79 Å². The third-order valence-corrected chi connectivity index (χ3v) is 2.53. The molecule has 0 bridgehead atoms. The zero-order chi connectivity index (χ0) is 16.6. The lowest BCUT2D eigenvalue weighted by Crippen LogP contribution is -2.17. The highest BCUT2D eigenvalue weighted by Gasteiger charge is 2.21. The van der Waals surface area contributed by atoms with Crippen LogP contribution in [0.25, 0.3) is 0 Å². The van der Waals surface area contributed by atoms with Gasteiger partial charge in [-0.25, -0.2) is 0 Å². The van der Waals surface area contributed by atoms with Crippen LogP contribution in [0, 0.1) is 5.41 Å². The van der Waals surface area contributed by atoms with E-state index in [4.69, 9.17) is 0 Å². The molecule has 0 fully saturated rings. The van der Waals surface area contributed by atoms with Gasteiger partial charge in [0.2, 0.25) is 0 Å². The molecule has 0 saturated carbocycles. The predicted molar refractivity (Wildman–Crippen MR) is 94.1 cm³/mol. The molecule has 1 heteroatoms. The lowest BCUT2D eigenvalue weighted by molar-refractivity contribution is -0.117. The summed E-state index contributed by atoms with van der Waals surface area (Å²) in [4.78, 5) is 12.0. The van der Waals surface area contributed by atoms with Crippen LogP contribution in [0.1, 0.15) is 74.7 Å². The number of allylic oxidation sites excluding steroid dienone is 5. The van der Waals surface area contributed by atoms with Gasteiger partial charge in [-0.15, -0.1) is 0 Å². The standard InChI is InChI=1S/C15H24O.2C2H6/c1-6-9-13(10-7-2)14(16)12-15(4,5)11-8-3;2*1-2/h6-7,9-10H,1,8,11-12H2,2-5H3;2*1-2H3/b10-7-,13-9+;;. The van der Waals surface area contributed by atoms with Gasteiger partial charge in [0.15, 0.2) is 5.78 Å². The van der Waals surface area contributed by atoms with Crippen molar-refractivity contribution >= 4 is 5.78 Å². The van der Waals surface area contributed by atoms with Gasteiger partial charge in [0, 0.05) is 12.0 Å². The number of hydrogen-bond donors (Lipinski definition) is 0. The molecule has 0 aromatic heterocycles. The molecule has 0 N–H and O–H groups in total. The number of ketones is 1. The Morgan fingerprint density at radius 2 is 1.65 bits per heavy atom. The second-order valence-electron chi connectivity index (χ2n) is 4.87. The summed E-state index contributed by atoms with van der Waals surface area (Å²) in [5.41, 5.74) is 0.843. The first-order valence-corrected chi connectivity index (χ1v) is 7.95. The summed E-state index contributed by atoms with van der Waals surface area (Å²) in [6.45, 7) is 20.0. The van der Waals surface area contributed by atoms with Crippen molar-refractivity contribution in [3.05, 3.63) is 36.5 Å². The van der Waals surface area contributed by atoms with E-state index in [1.807, 2.05) is 46.8 Å². The average Bonchev–Trinajstić information content (AvgIpc) is 2.42. The van der Waals surface area contributed by atoms with E-state index in [-0.39, 0.29) is 11.2 Å². The Hall–Kier alpha value is -1.11. The van der Waals surface area contributed by atoms with Gasteiger partial charge in [0.1, 0.15) is 0 Å². The van der Waals surface area contributed by atoms with Crippen LogP contribution >= 0.6 is 0 Å². The Bertz CT molecular complexity index is 293. The molecule has 0 rings (SSSR count). The minimum atomic E-state index is 0.0909. The van der Waals surface area contributed by atoms with Crippen LogP contribution in [0.4, 0.5) is 0 Å². The Balaban J connectivity index is -0.000000656. The minimum Gasteiger partial charge on any atom is -0.294 e. The van der Waals surface area contributed by atoms with Crippen molar-refractivity contribution in [2.24, 2.45) is 5.41 Å². The smallest absolute Gasteiger partial charge is 0.163 e. The lowest BCUT2D eigenvalue weighted by atomic mass is 9.81. The second-order valence-corrected chi connectivity index (χ2v) is 4.87. The van der Waals surface area contributed by atoms with E-state index in [1.54, 1.807) is 12.2 Å². The molecule has 0 heterocycles. The molecule has 0 atom stereocenters. The molecule has 0 saturated heterocycles. The van der Waals surface area contributed by atoms with E-state index in [2.05, 4.69) is 27.4 Å². The number of Topliss-reactive ketones (excluding diaryl/α,β-unsaturated/α-hetero) is 1. The maximum absolute atomic E-state index is 12.0. The van der Waals surface area contributed by atoms with Crippen LogP contribution in [0.3, 0.4) is 0 Å². The molecule has 1 nitrogen and oxygen atoms in total. The zero-order valence-electron chi connectivity index (χ0n) is 15.0. The SMILES string of the molecule is C=C/C=C(\C=C/C)C(=O)CC(C)(C)CCC.CC.CC. The lowest BCUT2D eigenvalue weighted by Gasteiger charge is -2.23. The molecule has 118 valence electrons. The largest absolute Gasteiger partial charge is 0.294 e. The van der Waals surface area contributed by atoms with Gasteiger partial charge in [0.05, 0.1) is 0 Å². The van der Waals surface area contributed by atoms with Gasteiger partial charge in [0.25, 0.3) is 0 Å². The number of rotatable bonds is 7. The molecular weight excluding hydrogens is 244 g/mol.